The highest BCUT2D eigenvalue weighted by Crippen LogP contribution is 2.13. The van der Waals surface area contributed by atoms with Gasteiger partial charge in [-0.25, -0.2) is 9.59 Å². The van der Waals surface area contributed by atoms with Crippen LogP contribution in [0.1, 0.15) is 24.4 Å². The molecular formula is C15H17N3O5. The fourth-order valence-corrected chi connectivity index (χ4v) is 2.25. The van der Waals surface area contributed by atoms with Crippen molar-refractivity contribution in [3.05, 3.63) is 35.9 Å². The summed E-state index contributed by atoms with van der Waals surface area (Å²) in [4.78, 5) is 46.9. The minimum atomic E-state index is -1.15. The molecule has 1 aromatic rings. The maximum atomic E-state index is 11.9. The van der Waals surface area contributed by atoms with E-state index in [1.807, 2.05) is 0 Å². The molecule has 1 heterocycles. The van der Waals surface area contributed by atoms with Crippen molar-refractivity contribution in [2.75, 3.05) is 13.1 Å². The van der Waals surface area contributed by atoms with Crippen LogP contribution in [0.15, 0.2) is 30.3 Å². The Balaban J connectivity index is 1.84. The second kappa shape index (κ2) is 7.39. The summed E-state index contributed by atoms with van der Waals surface area (Å²) in [5.74, 6) is -1.94. The first kappa shape index (κ1) is 16.5. The van der Waals surface area contributed by atoms with Crippen molar-refractivity contribution in [3.8, 4) is 0 Å². The molecule has 1 aliphatic heterocycles. The normalized spacial score (nSPS) is 15.2. The van der Waals surface area contributed by atoms with E-state index in [-0.39, 0.29) is 31.8 Å². The highest BCUT2D eigenvalue weighted by molar-refractivity contribution is 6.01. The smallest absolute Gasteiger partial charge is 0.330 e. The van der Waals surface area contributed by atoms with Gasteiger partial charge in [0.05, 0.1) is 6.54 Å². The molecule has 8 nitrogen and oxygen atoms in total. The van der Waals surface area contributed by atoms with E-state index >= 15 is 0 Å². The van der Waals surface area contributed by atoms with Gasteiger partial charge in [-0.2, -0.15) is 0 Å². The lowest BCUT2D eigenvalue weighted by Crippen LogP contribution is -2.35. The van der Waals surface area contributed by atoms with Gasteiger partial charge in [0.2, 0.25) is 11.8 Å². The average Bonchev–Trinajstić information content (AvgIpc) is 2.85. The second-order valence-electron chi connectivity index (χ2n) is 5.06. The summed E-state index contributed by atoms with van der Waals surface area (Å²) < 4.78 is 0. The molecule has 1 atom stereocenters. The molecule has 0 unspecified atom stereocenters. The van der Waals surface area contributed by atoms with Crippen LogP contribution in [0.3, 0.4) is 0 Å². The molecule has 0 aliphatic carbocycles. The first-order chi connectivity index (χ1) is 11.0. The van der Waals surface area contributed by atoms with Crippen molar-refractivity contribution >= 4 is 23.8 Å². The van der Waals surface area contributed by atoms with E-state index in [1.165, 1.54) is 0 Å². The second-order valence-corrected chi connectivity index (χ2v) is 5.06. The van der Waals surface area contributed by atoms with E-state index < -0.39 is 23.9 Å². The molecule has 23 heavy (non-hydrogen) atoms. The number of amides is 4. The molecule has 0 aromatic heterocycles. The summed E-state index contributed by atoms with van der Waals surface area (Å²) in [5, 5.41) is 14.0. The number of hydrogen-bond acceptors (Lipinski definition) is 4. The molecule has 4 amide bonds. The number of aliphatic carboxylic acids is 1. The average molecular weight is 319 g/mol. The molecule has 1 fully saturated rings. The summed E-state index contributed by atoms with van der Waals surface area (Å²) in [6.07, 6.45) is 0.291. The lowest BCUT2D eigenvalue weighted by Gasteiger charge is -2.16. The largest absolute Gasteiger partial charge is 0.479 e. The Hall–Kier alpha value is -2.90. The van der Waals surface area contributed by atoms with E-state index in [1.54, 1.807) is 30.3 Å². The zero-order valence-corrected chi connectivity index (χ0v) is 12.3. The van der Waals surface area contributed by atoms with Gasteiger partial charge in [-0.3, -0.25) is 14.5 Å². The molecule has 3 N–H and O–H groups in total. The van der Waals surface area contributed by atoms with Crippen LogP contribution in [0, 0.1) is 0 Å². The number of imide groups is 1. The maximum Gasteiger partial charge on any atom is 0.330 e. The summed E-state index contributed by atoms with van der Waals surface area (Å²) in [5.41, 5.74) is 0.474. The third kappa shape index (κ3) is 4.29. The molecule has 0 spiro atoms. The molecule has 0 saturated carbocycles. The molecule has 0 radical (unpaired) electrons. The number of benzene rings is 1. The van der Waals surface area contributed by atoms with Gasteiger partial charge >= 0.3 is 12.0 Å². The standard InChI is InChI=1S/C15H17N3O5/c19-11(7-4-8-18-12(20)9-16-15(18)23)17-13(14(21)22)10-5-2-1-3-6-10/h1-3,5-6,13H,4,7-9H2,(H,16,23)(H,17,19)(H,21,22)/t13-/m1/s1. The van der Waals surface area contributed by atoms with E-state index in [4.69, 9.17) is 0 Å². The van der Waals surface area contributed by atoms with Gasteiger partial charge in [-0.05, 0) is 12.0 Å². The van der Waals surface area contributed by atoms with Crippen molar-refractivity contribution < 1.29 is 24.3 Å². The van der Waals surface area contributed by atoms with Crippen LogP contribution >= 0.6 is 0 Å². The third-order valence-electron chi connectivity index (χ3n) is 3.41. The quantitative estimate of drug-likeness (QED) is 0.623. The number of rotatable bonds is 7. The molecule has 1 aromatic carbocycles. The molecule has 2 rings (SSSR count). The number of carbonyl (C=O) groups is 4. The Labute approximate surface area is 132 Å². The topological polar surface area (TPSA) is 116 Å². The van der Waals surface area contributed by atoms with E-state index in [9.17, 15) is 24.3 Å². The summed E-state index contributed by atoms with van der Waals surface area (Å²) >= 11 is 0. The van der Waals surface area contributed by atoms with E-state index in [0.29, 0.717) is 5.56 Å². The number of nitrogens with one attached hydrogen (secondary N) is 2. The molecule has 1 saturated heterocycles. The van der Waals surface area contributed by atoms with Crippen molar-refractivity contribution in [2.24, 2.45) is 0 Å². The number of hydrogen-bond donors (Lipinski definition) is 3. The van der Waals surface area contributed by atoms with Crippen LogP contribution in [-0.2, 0) is 14.4 Å². The number of carboxylic acid groups (broad SMARTS) is 1. The Kier molecular flexibility index (Phi) is 5.29. The highest BCUT2D eigenvalue weighted by Gasteiger charge is 2.28. The Morgan fingerprint density at radius 1 is 1.26 bits per heavy atom. The van der Waals surface area contributed by atoms with Crippen molar-refractivity contribution in [3.63, 3.8) is 0 Å². The summed E-state index contributed by atoms with van der Waals surface area (Å²) in [6, 6.07) is 6.77. The number of nitrogens with zero attached hydrogens (tertiary/aromatic N) is 1. The van der Waals surface area contributed by atoms with Gasteiger partial charge in [0.15, 0.2) is 6.04 Å². The Bertz CT molecular complexity index is 601. The summed E-state index contributed by atoms with van der Waals surface area (Å²) in [7, 11) is 0. The van der Waals surface area contributed by atoms with E-state index in [0.717, 1.165) is 4.90 Å². The number of urea groups is 1. The Morgan fingerprint density at radius 3 is 2.52 bits per heavy atom. The van der Waals surface area contributed by atoms with E-state index in [2.05, 4.69) is 10.6 Å². The number of carbonyl (C=O) groups excluding carboxylic acids is 3. The predicted molar refractivity (Wildman–Crippen MR) is 79.3 cm³/mol. The van der Waals surface area contributed by atoms with Crippen LogP contribution in [0.4, 0.5) is 4.79 Å². The third-order valence-corrected chi connectivity index (χ3v) is 3.41. The van der Waals surface area contributed by atoms with Gasteiger partial charge in [-0.1, -0.05) is 30.3 Å². The van der Waals surface area contributed by atoms with Crippen molar-refractivity contribution in [2.45, 2.75) is 18.9 Å². The highest BCUT2D eigenvalue weighted by atomic mass is 16.4. The van der Waals surface area contributed by atoms with Gasteiger partial charge in [-0.15, -0.1) is 0 Å². The van der Waals surface area contributed by atoms with Crippen LogP contribution in [-0.4, -0.2) is 46.9 Å². The minimum absolute atomic E-state index is 0.0215. The summed E-state index contributed by atoms with van der Waals surface area (Å²) in [6.45, 7) is 0.0985. The van der Waals surface area contributed by atoms with Crippen LogP contribution in [0.2, 0.25) is 0 Å². The molecule has 1 aliphatic rings. The molecule has 122 valence electrons. The first-order valence-corrected chi connectivity index (χ1v) is 7.14. The maximum absolute atomic E-state index is 11.9. The number of carboxylic acids is 1. The lowest BCUT2D eigenvalue weighted by atomic mass is 10.1. The van der Waals surface area contributed by atoms with Crippen LogP contribution in [0.5, 0.6) is 0 Å². The predicted octanol–water partition coefficient (Wildman–Crippen LogP) is 0.261. The SMILES string of the molecule is O=C(CCCN1C(=O)CNC1=O)N[C@@H](C(=O)O)c1ccccc1. The lowest BCUT2D eigenvalue weighted by molar-refractivity contribution is -0.142. The molecule has 8 heteroatoms. The molecule has 0 bridgehead atoms. The van der Waals surface area contributed by atoms with Crippen molar-refractivity contribution in [1.29, 1.82) is 0 Å². The fraction of sp³-hybridized carbons (Fsp3) is 0.333. The van der Waals surface area contributed by atoms with Gasteiger partial charge in [0.25, 0.3) is 0 Å². The first-order valence-electron chi connectivity index (χ1n) is 7.14. The van der Waals surface area contributed by atoms with Crippen molar-refractivity contribution in [1.82, 2.24) is 15.5 Å². The van der Waals surface area contributed by atoms with Crippen LogP contribution in [0.25, 0.3) is 0 Å². The van der Waals surface area contributed by atoms with Crippen LogP contribution < -0.4 is 10.6 Å². The zero-order chi connectivity index (χ0) is 16.8. The van der Waals surface area contributed by atoms with Gasteiger partial charge in [0, 0.05) is 13.0 Å². The minimum Gasteiger partial charge on any atom is -0.479 e. The zero-order valence-electron chi connectivity index (χ0n) is 12.3. The fourth-order valence-electron chi connectivity index (χ4n) is 2.25. The van der Waals surface area contributed by atoms with Gasteiger partial charge < -0.3 is 15.7 Å². The Morgan fingerprint density at radius 2 is 1.96 bits per heavy atom. The molecular weight excluding hydrogens is 302 g/mol. The van der Waals surface area contributed by atoms with Gasteiger partial charge in [0.1, 0.15) is 0 Å². The monoisotopic (exact) mass is 319 g/mol.